The first kappa shape index (κ1) is 15.2. The van der Waals surface area contributed by atoms with Crippen LogP contribution >= 0.6 is 0 Å². The Morgan fingerprint density at radius 2 is 1.91 bits per heavy atom. The summed E-state index contributed by atoms with van der Waals surface area (Å²) in [6, 6.07) is 7.33. The van der Waals surface area contributed by atoms with Crippen LogP contribution in [0.3, 0.4) is 0 Å². The van der Waals surface area contributed by atoms with Crippen molar-refractivity contribution in [2.45, 2.75) is 31.8 Å². The Morgan fingerprint density at radius 1 is 1.23 bits per heavy atom. The number of hydrogen-bond acceptors (Lipinski definition) is 4. The van der Waals surface area contributed by atoms with Gasteiger partial charge in [0.25, 0.3) is 0 Å². The van der Waals surface area contributed by atoms with E-state index >= 15 is 0 Å². The van der Waals surface area contributed by atoms with Crippen molar-refractivity contribution < 1.29 is 14.6 Å². The predicted molar refractivity (Wildman–Crippen MR) is 85.1 cm³/mol. The number of phenols is 1. The molecule has 5 nitrogen and oxygen atoms in total. The van der Waals surface area contributed by atoms with Gasteiger partial charge in [-0.1, -0.05) is 6.92 Å². The smallest absolute Gasteiger partial charge is 0.248 e. The van der Waals surface area contributed by atoms with Crippen molar-refractivity contribution in [1.82, 2.24) is 4.90 Å². The second kappa shape index (κ2) is 6.16. The molecule has 0 radical (unpaired) electrons. The van der Waals surface area contributed by atoms with E-state index in [1.54, 1.807) is 12.1 Å². The molecule has 2 fully saturated rings. The number of piperidine rings is 1. The van der Waals surface area contributed by atoms with Crippen LogP contribution in [0.5, 0.6) is 5.75 Å². The molecule has 1 aromatic rings. The zero-order valence-corrected chi connectivity index (χ0v) is 13.1. The normalized spacial score (nSPS) is 21.4. The van der Waals surface area contributed by atoms with E-state index in [0.29, 0.717) is 5.75 Å². The Morgan fingerprint density at radius 3 is 2.55 bits per heavy atom. The summed E-state index contributed by atoms with van der Waals surface area (Å²) in [5, 5.41) is 9.38. The summed E-state index contributed by atoms with van der Waals surface area (Å²) >= 11 is 0. The molecule has 1 N–H and O–H groups in total. The number of ether oxygens (including phenoxy) is 1. The molecule has 2 aliphatic heterocycles. The Hall–Kier alpha value is -1.75. The van der Waals surface area contributed by atoms with E-state index in [2.05, 4.69) is 11.8 Å². The van der Waals surface area contributed by atoms with Crippen LogP contribution in [-0.4, -0.2) is 54.3 Å². The SMILES string of the molecule is CCCN1CC2(CCN(c3ccc(O)cc3)CC2)OCC1=O. The van der Waals surface area contributed by atoms with Gasteiger partial charge in [0.1, 0.15) is 12.4 Å². The van der Waals surface area contributed by atoms with Gasteiger partial charge in [-0.3, -0.25) is 4.79 Å². The summed E-state index contributed by atoms with van der Waals surface area (Å²) < 4.78 is 5.94. The van der Waals surface area contributed by atoms with Gasteiger partial charge in [0.15, 0.2) is 0 Å². The molecule has 3 rings (SSSR count). The van der Waals surface area contributed by atoms with E-state index in [1.807, 2.05) is 17.0 Å². The van der Waals surface area contributed by atoms with Crippen molar-refractivity contribution in [3.05, 3.63) is 24.3 Å². The van der Waals surface area contributed by atoms with Crippen molar-refractivity contribution in [3.63, 3.8) is 0 Å². The molecule has 120 valence electrons. The number of carbonyl (C=O) groups is 1. The summed E-state index contributed by atoms with van der Waals surface area (Å²) in [7, 11) is 0. The monoisotopic (exact) mass is 304 g/mol. The van der Waals surface area contributed by atoms with Crippen molar-refractivity contribution >= 4 is 11.6 Å². The van der Waals surface area contributed by atoms with E-state index in [0.717, 1.165) is 51.1 Å². The Kier molecular flexibility index (Phi) is 4.25. The maximum Gasteiger partial charge on any atom is 0.248 e. The molecule has 0 aromatic heterocycles. The highest BCUT2D eigenvalue weighted by Crippen LogP contribution is 2.32. The molecular formula is C17H24N2O3. The molecule has 0 saturated carbocycles. The predicted octanol–water partition coefficient (Wildman–Crippen LogP) is 2.00. The number of carbonyl (C=O) groups excluding carboxylic acids is 1. The molecule has 0 bridgehead atoms. The molecule has 2 heterocycles. The molecule has 1 amide bonds. The first-order valence-electron chi connectivity index (χ1n) is 8.08. The summed E-state index contributed by atoms with van der Waals surface area (Å²) in [5.74, 6) is 0.412. The molecule has 0 atom stereocenters. The number of aromatic hydroxyl groups is 1. The van der Waals surface area contributed by atoms with Crippen molar-refractivity contribution in [3.8, 4) is 5.75 Å². The molecule has 1 spiro atoms. The highest BCUT2D eigenvalue weighted by Gasteiger charge is 2.41. The van der Waals surface area contributed by atoms with Crippen molar-refractivity contribution in [1.29, 1.82) is 0 Å². The van der Waals surface area contributed by atoms with E-state index in [9.17, 15) is 9.90 Å². The average molecular weight is 304 g/mol. The molecule has 2 saturated heterocycles. The molecule has 0 aliphatic carbocycles. The van der Waals surface area contributed by atoms with Crippen LogP contribution < -0.4 is 4.90 Å². The number of rotatable bonds is 3. The van der Waals surface area contributed by atoms with E-state index in [1.165, 1.54) is 0 Å². The molecule has 0 unspecified atom stereocenters. The number of amides is 1. The van der Waals surface area contributed by atoms with Gasteiger partial charge in [0.05, 0.1) is 5.60 Å². The van der Waals surface area contributed by atoms with E-state index in [-0.39, 0.29) is 18.1 Å². The molecule has 1 aromatic carbocycles. The fraction of sp³-hybridized carbons (Fsp3) is 0.588. The number of nitrogens with zero attached hydrogens (tertiary/aromatic N) is 2. The minimum atomic E-state index is -0.170. The lowest BCUT2D eigenvalue weighted by Gasteiger charge is -2.47. The Balaban J connectivity index is 1.63. The molecular weight excluding hydrogens is 280 g/mol. The minimum absolute atomic E-state index is 0.119. The van der Waals surface area contributed by atoms with Gasteiger partial charge < -0.3 is 19.6 Å². The molecule has 2 aliphatic rings. The number of phenolic OH excluding ortho intramolecular Hbond substituents is 1. The second-order valence-corrected chi connectivity index (χ2v) is 6.29. The van der Waals surface area contributed by atoms with Gasteiger partial charge in [-0.2, -0.15) is 0 Å². The van der Waals surface area contributed by atoms with Crippen LogP contribution in [-0.2, 0) is 9.53 Å². The summed E-state index contributed by atoms with van der Waals surface area (Å²) in [6.45, 7) is 5.70. The van der Waals surface area contributed by atoms with Gasteiger partial charge in [-0.15, -0.1) is 0 Å². The van der Waals surface area contributed by atoms with Crippen LogP contribution in [0.1, 0.15) is 26.2 Å². The lowest BCUT2D eigenvalue weighted by Crippen LogP contribution is -2.58. The quantitative estimate of drug-likeness (QED) is 0.928. The first-order chi connectivity index (χ1) is 10.6. The summed E-state index contributed by atoms with van der Waals surface area (Å²) in [5.41, 5.74) is 0.959. The van der Waals surface area contributed by atoms with Crippen LogP contribution in [0.15, 0.2) is 24.3 Å². The van der Waals surface area contributed by atoms with Crippen LogP contribution in [0, 0.1) is 0 Å². The summed E-state index contributed by atoms with van der Waals surface area (Å²) in [4.78, 5) is 16.2. The lowest BCUT2D eigenvalue weighted by atomic mass is 9.89. The highest BCUT2D eigenvalue weighted by molar-refractivity contribution is 5.78. The second-order valence-electron chi connectivity index (χ2n) is 6.29. The van der Waals surface area contributed by atoms with E-state index in [4.69, 9.17) is 4.74 Å². The number of hydrogen-bond donors (Lipinski definition) is 1. The maximum atomic E-state index is 11.9. The summed E-state index contributed by atoms with van der Waals surface area (Å²) in [6.07, 6.45) is 2.85. The van der Waals surface area contributed by atoms with Crippen molar-refractivity contribution in [2.75, 3.05) is 37.7 Å². The van der Waals surface area contributed by atoms with E-state index < -0.39 is 0 Å². The van der Waals surface area contributed by atoms with Crippen LogP contribution in [0.2, 0.25) is 0 Å². The number of morpholine rings is 1. The first-order valence-corrected chi connectivity index (χ1v) is 8.08. The lowest BCUT2D eigenvalue weighted by molar-refractivity contribution is -0.167. The van der Waals surface area contributed by atoms with Gasteiger partial charge in [0, 0.05) is 31.9 Å². The maximum absolute atomic E-state index is 11.9. The zero-order chi connectivity index (χ0) is 15.6. The van der Waals surface area contributed by atoms with Gasteiger partial charge >= 0.3 is 0 Å². The van der Waals surface area contributed by atoms with Crippen LogP contribution in [0.25, 0.3) is 0 Å². The fourth-order valence-electron chi connectivity index (χ4n) is 3.40. The molecule has 22 heavy (non-hydrogen) atoms. The largest absolute Gasteiger partial charge is 0.508 e. The molecule has 5 heteroatoms. The Bertz CT molecular complexity index is 521. The van der Waals surface area contributed by atoms with Gasteiger partial charge in [-0.25, -0.2) is 0 Å². The number of anilines is 1. The number of benzene rings is 1. The van der Waals surface area contributed by atoms with Gasteiger partial charge in [-0.05, 0) is 43.5 Å². The third kappa shape index (κ3) is 3.04. The third-order valence-corrected chi connectivity index (χ3v) is 4.72. The van der Waals surface area contributed by atoms with Crippen LogP contribution in [0.4, 0.5) is 5.69 Å². The van der Waals surface area contributed by atoms with Crippen molar-refractivity contribution in [2.24, 2.45) is 0 Å². The Labute approximate surface area is 131 Å². The standard InChI is InChI=1S/C17H24N2O3/c1-2-9-19-13-17(22-12-16(19)21)7-10-18(11-8-17)14-3-5-15(20)6-4-14/h3-6,20H,2,7-13H2,1H3. The third-order valence-electron chi connectivity index (χ3n) is 4.72. The fourth-order valence-corrected chi connectivity index (χ4v) is 3.40. The highest BCUT2D eigenvalue weighted by atomic mass is 16.5. The van der Waals surface area contributed by atoms with Gasteiger partial charge in [0.2, 0.25) is 5.91 Å². The minimum Gasteiger partial charge on any atom is -0.508 e. The topological polar surface area (TPSA) is 53.0 Å². The average Bonchev–Trinajstić information content (AvgIpc) is 2.53. The zero-order valence-electron chi connectivity index (χ0n) is 13.1.